The first kappa shape index (κ1) is 22.4. The summed E-state index contributed by atoms with van der Waals surface area (Å²) >= 11 is 0. The third kappa shape index (κ3) is 4.53. The average molecular weight is 466 g/mol. The summed E-state index contributed by atoms with van der Waals surface area (Å²) in [6.45, 7) is 7.98. The number of pyridine rings is 1. The van der Waals surface area contributed by atoms with Crippen LogP contribution in [-0.2, 0) is 0 Å². The Kier molecular flexibility index (Phi) is 5.82. The molecule has 0 atom stereocenters. The van der Waals surface area contributed by atoms with Crippen molar-refractivity contribution < 1.29 is 9.53 Å². The zero-order valence-corrected chi connectivity index (χ0v) is 20.2. The maximum Gasteiger partial charge on any atom is 0.255 e. The van der Waals surface area contributed by atoms with Crippen LogP contribution in [0, 0.1) is 13.8 Å². The minimum Gasteiger partial charge on any atom is -0.491 e. The third-order valence-corrected chi connectivity index (χ3v) is 5.80. The fourth-order valence-electron chi connectivity index (χ4n) is 4.15. The Labute approximate surface area is 204 Å². The van der Waals surface area contributed by atoms with Gasteiger partial charge in [-0.25, -0.2) is 4.52 Å². The minimum atomic E-state index is -0.182. The van der Waals surface area contributed by atoms with Gasteiger partial charge in [0, 0.05) is 47.7 Å². The summed E-state index contributed by atoms with van der Waals surface area (Å²) in [4.78, 5) is 17.3. The van der Waals surface area contributed by atoms with Crippen molar-refractivity contribution in [2.75, 3.05) is 5.32 Å². The maximum absolute atomic E-state index is 13.1. The highest BCUT2D eigenvalue weighted by atomic mass is 16.5. The first-order valence-corrected chi connectivity index (χ1v) is 11.6. The van der Waals surface area contributed by atoms with E-state index in [4.69, 9.17) is 4.74 Å². The lowest BCUT2D eigenvalue weighted by molar-refractivity contribution is 0.102. The molecule has 0 radical (unpaired) electrons. The van der Waals surface area contributed by atoms with Crippen LogP contribution in [0.5, 0.6) is 5.75 Å². The number of amides is 1. The summed E-state index contributed by atoms with van der Waals surface area (Å²) in [7, 11) is 0. The van der Waals surface area contributed by atoms with Crippen molar-refractivity contribution in [1.29, 1.82) is 0 Å². The molecule has 0 aliphatic rings. The molecule has 35 heavy (non-hydrogen) atoms. The highest BCUT2D eigenvalue weighted by molar-refractivity contribution is 6.05. The summed E-state index contributed by atoms with van der Waals surface area (Å²) in [5.74, 6) is 0.492. The van der Waals surface area contributed by atoms with Crippen LogP contribution in [0.4, 0.5) is 5.69 Å². The SMILES string of the molecule is Cc1cc(C)c(-n2ccn3nc(-c4cccnc4)cc23)cc1NC(=O)c1cccc(OC(C)C)c1. The zero-order chi connectivity index (χ0) is 24.5. The smallest absolute Gasteiger partial charge is 0.255 e. The van der Waals surface area contributed by atoms with Crippen molar-refractivity contribution in [3.8, 4) is 22.7 Å². The minimum absolute atomic E-state index is 0.0378. The van der Waals surface area contributed by atoms with Gasteiger partial charge in [-0.15, -0.1) is 0 Å². The number of fused-ring (bicyclic) bond motifs is 1. The second-order valence-electron chi connectivity index (χ2n) is 8.84. The van der Waals surface area contributed by atoms with E-state index in [0.29, 0.717) is 11.3 Å². The molecule has 0 fully saturated rings. The molecule has 176 valence electrons. The largest absolute Gasteiger partial charge is 0.491 e. The number of benzene rings is 2. The van der Waals surface area contributed by atoms with E-state index in [9.17, 15) is 4.79 Å². The van der Waals surface area contributed by atoms with E-state index < -0.39 is 0 Å². The molecule has 0 saturated carbocycles. The first-order valence-electron chi connectivity index (χ1n) is 11.6. The summed E-state index contributed by atoms with van der Waals surface area (Å²) in [5, 5.41) is 7.77. The molecule has 5 aromatic rings. The summed E-state index contributed by atoms with van der Waals surface area (Å²) in [5.41, 5.74) is 7.08. The normalized spacial score (nSPS) is 11.2. The van der Waals surface area contributed by atoms with Crippen LogP contribution in [0.25, 0.3) is 22.6 Å². The molecule has 1 N–H and O–H groups in total. The Morgan fingerprint density at radius 1 is 1.00 bits per heavy atom. The molecule has 5 rings (SSSR count). The fourth-order valence-corrected chi connectivity index (χ4v) is 4.15. The predicted octanol–water partition coefficient (Wildman–Crippen LogP) is 5.84. The monoisotopic (exact) mass is 465 g/mol. The predicted molar refractivity (Wildman–Crippen MR) is 137 cm³/mol. The van der Waals surface area contributed by atoms with Gasteiger partial charge < -0.3 is 10.1 Å². The molecule has 2 aromatic carbocycles. The van der Waals surface area contributed by atoms with Crippen LogP contribution in [-0.4, -0.2) is 31.2 Å². The Balaban J connectivity index is 1.48. The Morgan fingerprint density at radius 2 is 1.86 bits per heavy atom. The van der Waals surface area contributed by atoms with Gasteiger partial charge in [-0.05, 0) is 75.2 Å². The number of nitrogens with zero attached hydrogens (tertiary/aromatic N) is 4. The Bertz CT molecular complexity index is 1520. The molecule has 7 nitrogen and oxygen atoms in total. The number of rotatable bonds is 6. The lowest BCUT2D eigenvalue weighted by Crippen LogP contribution is -2.14. The molecular formula is C28H27N5O2. The molecule has 0 spiro atoms. The van der Waals surface area contributed by atoms with Gasteiger partial charge in [0.1, 0.15) is 11.4 Å². The number of ether oxygens (including phenoxy) is 1. The molecule has 0 saturated heterocycles. The first-order chi connectivity index (χ1) is 16.9. The zero-order valence-electron chi connectivity index (χ0n) is 20.2. The number of anilines is 1. The molecule has 1 amide bonds. The van der Waals surface area contributed by atoms with E-state index in [1.54, 1.807) is 24.5 Å². The number of carbonyl (C=O) groups excluding carboxylic acids is 1. The molecular weight excluding hydrogens is 438 g/mol. The number of hydrogen-bond acceptors (Lipinski definition) is 4. The molecule has 0 aliphatic carbocycles. The number of hydrogen-bond donors (Lipinski definition) is 1. The highest BCUT2D eigenvalue weighted by Gasteiger charge is 2.15. The second-order valence-corrected chi connectivity index (χ2v) is 8.84. The van der Waals surface area contributed by atoms with Crippen molar-refractivity contribution in [3.05, 3.63) is 96.1 Å². The molecule has 3 heterocycles. The van der Waals surface area contributed by atoms with E-state index >= 15 is 0 Å². The van der Waals surface area contributed by atoms with E-state index in [1.807, 2.05) is 74.1 Å². The summed E-state index contributed by atoms with van der Waals surface area (Å²) in [6.07, 6.45) is 7.49. The molecule has 0 aliphatic heterocycles. The topological polar surface area (TPSA) is 73.5 Å². The average Bonchev–Trinajstić information content (AvgIpc) is 3.42. The Hall–Kier alpha value is -4.39. The van der Waals surface area contributed by atoms with Crippen molar-refractivity contribution in [1.82, 2.24) is 19.2 Å². The number of aromatic nitrogens is 4. The van der Waals surface area contributed by atoms with Gasteiger partial charge in [-0.3, -0.25) is 14.3 Å². The molecule has 0 unspecified atom stereocenters. The quantitative estimate of drug-likeness (QED) is 0.342. The van der Waals surface area contributed by atoms with Crippen molar-refractivity contribution in [3.63, 3.8) is 0 Å². The lowest BCUT2D eigenvalue weighted by atomic mass is 10.1. The lowest BCUT2D eigenvalue weighted by Gasteiger charge is -2.15. The van der Waals surface area contributed by atoms with Crippen molar-refractivity contribution in [2.45, 2.75) is 33.8 Å². The van der Waals surface area contributed by atoms with Crippen LogP contribution >= 0.6 is 0 Å². The van der Waals surface area contributed by atoms with Gasteiger partial charge >= 0.3 is 0 Å². The van der Waals surface area contributed by atoms with Gasteiger partial charge in [0.25, 0.3) is 5.91 Å². The van der Waals surface area contributed by atoms with Gasteiger partial charge in [-0.2, -0.15) is 5.10 Å². The maximum atomic E-state index is 13.1. The molecule has 0 bridgehead atoms. The third-order valence-electron chi connectivity index (χ3n) is 5.80. The van der Waals surface area contributed by atoms with Crippen LogP contribution in [0.3, 0.4) is 0 Å². The van der Waals surface area contributed by atoms with Gasteiger partial charge in [-0.1, -0.05) is 12.1 Å². The molecule has 7 heteroatoms. The van der Waals surface area contributed by atoms with E-state index in [1.165, 1.54) is 0 Å². The number of imidazole rings is 1. The van der Waals surface area contributed by atoms with Crippen LogP contribution < -0.4 is 10.1 Å². The van der Waals surface area contributed by atoms with Gasteiger partial charge in [0.15, 0.2) is 0 Å². The van der Waals surface area contributed by atoms with Crippen LogP contribution in [0.15, 0.2) is 79.4 Å². The van der Waals surface area contributed by atoms with Gasteiger partial charge in [0.2, 0.25) is 0 Å². The summed E-state index contributed by atoms with van der Waals surface area (Å²) < 4.78 is 9.67. The van der Waals surface area contributed by atoms with Crippen LogP contribution in [0.2, 0.25) is 0 Å². The van der Waals surface area contributed by atoms with Gasteiger partial charge in [0.05, 0.1) is 17.5 Å². The van der Waals surface area contributed by atoms with Crippen molar-refractivity contribution >= 4 is 17.2 Å². The highest BCUT2D eigenvalue weighted by Crippen LogP contribution is 2.28. The fraction of sp³-hybridized carbons (Fsp3) is 0.179. The number of nitrogens with one attached hydrogen (secondary N) is 1. The number of carbonyl (C=O) groups is 1. The van der Waals surface area contributed by atoms with E-state index in [0.717, 1.165) is 39.4 Å². The molecule has 3 aromatic heterocycles. The number of aryl methyl sites for hydroxylation is 2. The standard InChI is InChI=1S/C28H27N5O2/c1-18(2)35-23-9-5-7-21(14-23)28(34)30-24-15-26(20(4)13-19(24)3)32-11-12-33-27(32)16-25(31-33)22-8-6-10-29-17-22/h5-18H,1-4H3,(H,30,34). The van der Waals surface area contributed by atoms with Crippen molar-refractivity contribution in [2.24, 2.45) is 0 Å². The second kappa shape index (κ2) is 9.10. The van der Waals surface area contributed by atoms with E-state index in [2.05, 4.69) is 33.0 Å². The van der Waals surface area contributed by atoms with E-state index in [-0.39, 0.29) is 12.0 Å². The van der Waals surface area contributed by atoms with Crippen LogP contribution in [0.1, 0.15) is 35.3 Å². The summed E-state index contributed by atoms with van der Waals surface area (Å²) in [6, 6.07) is 17.3. The Morgan fingerprint density at radius 3 is 2.63 bits per heavy atom.